The molecule has 1 N–H and O–H groups in total. The molecule has 0 saturated carbocycles. The van der Waals surface area contributed by atoms with E-state index in [0.717, 1.165) is 23.9 Å². The average molecular weight is 377 g/mol. The van der Waals surface area contributed by atoms with Crippen LogP contribution in [-0.4, -0.2) is 49.4 Å². The van der Waals surface area contributed by atoms with Gasteiger partial charge in [0.1, 0.15) is 5.82 Å². The van der Waals surface area contributed by atoms with E-state index in [1.807, 2.05) is 4.90 Å². The minimum atomic E-state index is -1.12. The molecule has 1 aliphatic heterocycles. The summed E-state index contributed by atoms with van der Waals surface area (Å²) in [7, 11) is 0. The van der Waals surface area contributed by atoms with Gasteiger partial charge in [-0.1, -0.05) is 0 Å². The summed E-state index contributed by atoms with van der Waals surface area (Å²) in [6.07, 6.45) is 0. The van der Waals surface area contributed by atoms with Gasteiger partial charge in [0.15, 0.2) is 11.6 Å². The molecule has 0 atom stereocenters. The van der Waals surface area contributed by atoms with E-state index in [1.165, 1.54) is 12.1 Å². The molecule has 1 aliphatic rings. The highest BCUT2D eigenvalue weighted by Crippen LogP contribution is 2.17. The Kier molecular flexibility index (Phi) is 5.63. The van der Waals surface area contributed by atoms with E-state index in [9.17, 15) is 22.8 Å². The Hall–Kier alpha value is -3.03. The Morgan fingerprint density at radius 3 is 2.19 bits per heavy atom. The molecule has 1 heterocycles. The van der Waals surface area contributed by atoms with E-state index in [1.54, 1.807) is 17.0 Å². The molecule has 5 nitrogen and oxygen atoms in total. The summed E-state index contributed by atoms with van der Waals surface area (Å²) in [6, 6.07) is 8.96. The summed E-state index contributed by atoms with van der Waals surface area (Å²) in [5.41, 5.74) is 0.831. The number of nitrogens with one attached hydrogen (secondary N) is 1. The molecule has 2 aromatic rings. The summed E-state index contributed by atoms with van der Waals surface area (Å²) in [4.78, 5) is 27.9. The number of carbonyl (C=O) groups is 2. The van der Waals surface area contributed by atoms with Gasteiger partial charge in [0, 0.05) is 37.4 Å². The summed E-state index contributed by atoms with van der Waals surface area (Å²) in [5, 5.41) is 2.42. The van der Waals surface area contributed by atoms with Crippen LogP contribution in [0.4, 0.5) is 18.9 Å². The van der Waals surface area contributed by atoms with Crippen LogP contribution >= 0.6 is 0 Å². The number of amides is 2. The number of hydrogen-bond acceptors (Lipinski definition) is 3. The van der Waals surface area contributed by atoms with Crippen LogP contribution in [0.2, 0.25) is 0 Å². The molecule has 0 aromatic heterocycles. The van der Waals surface area contributed by atoms with Crippen LogP contribution in [0.1, 0.15) is 10.4 Å². The van der Waals surface area contributed by atoms with Crippen molar-refractivity contribution in [3.63, 3.8) is 0 Å². The van der Waals surface area contributed by atoms with Crippen LogP contribution in [0.5, 0.6) is 0 Å². The van der Waals surface area contributed by atoms with E-state index < -0.39 is 17.5 Å². The standard InChI is InChI=1S/C19H18F3N3O2/c20-14-2-4-15(5-3-14)24-7-9-25(10-8-24)18(26)12-23-19(27)13-1-6-16(21)17(22)11-13/h1-6,11H,7-10,12H2,(H,23,27). The maximum absolute atomic E-state index is 13.2. The van der Waals surface area contributed by atoms with Gasteiger partial charge in [-0.05, 0) is 42.5 Å². The Morgan fingerprint density at radius 2 is 1.56 bits per heavy atom. The number of rotatable bonds is 4. The molecule has 1 fully saturated rings. The second-order valence-corrected chi connectivity index (χ2v) is 6.16. The predicted octanol–water partition coefficient (Wildman–Crippen LogP) is 2.18. The van der Waals surface area contributed by atoms with Crippen molar-refractivity contribution < 1.29 is 22.8 Å². The largest absolute Gasteiger partial charge is 0.368 e. The van der Waals surface area contributed by atoms with Crippen molar-refractivity contribution in [2.75, 3.05) is 37.6 Å². The summed E-state index contributed by atoms with van der Waals surface area (Å²) >= 11 is 0. The highest BCUT2D eigenvalue weighted by molar-refractivity contribution is 5.96. The Balaban J connectivity index is 1.48. The first-order chi connectivity index (χ1) is 12.9. The SMILES string of the molecule is O=C(NCC(=O)N1CCN(c2ccc(F)cc2)CC1)c1ccc(F)c(F)c1. The molecule has 142 valence electrons. The topological polar surface area (TPSA) is 52.7 Å². The molecule has 0 unspecified atom stereocenters. The van der Waals surface area contributed by atoms with Crippen LogP contribution in [-0.2, 0) is 4.79 Å². The summed E-state index contributed by atoms with van der Waals surface area (Å²) in [5.74, 6) is -3.37. The number of hydrogen-bond donors (Lipinski definition) is 1. The molecule has 0 bridgehead atoms. The lowest BCUT2D eigenvalue weighted by atomic mass is 10.2. The molecule has 2 amide bonds. The van der Waals surface area contributed by atoms with Gasteiger partial charge in [-0.2, -0.15) is 0 Å². The summed E-state index contributed by atoms with van der Waals surface area (Å²) < 4.78 is 39.1. The maximum atomic E-state index is 13.2. The lowest BCUT2D eigenvalue weighted by Crippen LogP contribution is -2.51. The molecule has 2 aromatic carbocycles. The fourth-order valence-corrected chi connectivity index (χ4v) is 2.87. The number of halogens is 3. The lowest BCUT2D eigenvalue weighted by molar-refractivity contribution is -0.130. The van der Waals surface area contributed by atoms with Crippen molar-refractivity contribution in [3.05, 3.63) is 65.5 Å². The van der Waals surface area contributed by atoms with Crippen molar-refractivity contribution in [1.82, 2.24) is 10.2 Å². The van der Waals surface area contributed by atoms with Crippen LogP contribution in [0.15, 0.2) is 42.5 Å². The van der Waals surface area contributed by atoms with Crippen molar-refractivity contribution in [2.45, 2.75) is 0 Å². The molecule has 1 saturated heterocycles. The minimum Gasteiger partial charge on any atom is -0.368 e. The zero-order chi connectivity index (χ0) is 19.4. The smallest absolute Gasteiger partial charge is 0.251 e. The third kappa shape index (κ3) is 4.58. The first-order valence-electron chi connectivity index (χ1n) is 8.45. The van der Waals surface area contributed by atoms with E-state index >= 15 is 0 Å². The Morgan fingerprint density at radius 1 is 0.889 bits per heavy atom. The molecule has 8 heteroatoms. The molecule has 0 radical (unpaired) electrons. The lowest BCUT2D eigenvalue weighted by Gasteiger charge is -2.36. The van der Waals surface area contributed by atoms with E-state index in [0.29, 0.717) is 26.2 Å². The number of carbonyl (C=O) groups excluding carboxylic acids is 2. The van der Waals surface area contributed by atoms with Crippen LogP contribution < -0.4 is 10.2 Å². The van der Waals surface area contributed by atoms with Crippen molar-refractivity contribution in [3.8, 4) is 0 Å². The van der Waals surface area contributed by atoms with E-state index in [-0.39, 0.29) is 23.8 Å². The van der Waals surface area contributed by atoms with Gasteiger partial charge in [-0.15, -0.1) is 0 Å². The van der Waals surface area contributed by atoms with E-state index in [2.05, 4.69) is 5.32 Å². The zero-order valence-corrected chi connectivity index (χ0v) is 14.4. The number of benzene rings is 2. The van der Waals surface area contributed by atoms with Gasteiger partial charge in [0.05, 0.1) is 6.54 Å². The monoisotopic (exact) mass is 377 g/mol. The molecule has 0 spiro atoms. The number of nitrogens with zero attached hydrogens (tertiary/aromatic N) is 2. The third-order valence-corrected chi connectivity index (χ3v) is 4.41. The highest BCUT2D eigenvalue weighted by Gasteiger charge is 2.22. The van der Waals surface area contributed by atoms with Crippen molar-refractivity contribution >= 4 is 17.5 Å². The van der Waals surface area contributed by atoms with Gasteiger partial charge in [0.25, 0.3) is 5.91 Å². The third-order valence-electron chi connectivity index (χ3n) is 4.41. The molecule has 27 heavy (non-hydrogen) atoms. The zero-order valence-electron chi connectivity index (χ0n) is 14.4. The quantitative estimate of drug-likeness (QED) is 0.889. The second-order valence-electron chi connectivity index (χ2n) is 6.16. The molecule has 0 aliphatic carbocycles. The molecular weight excluding hydrogens is 359 g/mol. The van der Waals surface area contributed by atoms with Crippen molar-refractivity contribution in [2.24, 2.45) is 0 Å². The normalized spacial score (nSPS) is 14.2. The fourth-order valence-electron chi connectivity index (χ4n) is 2.87. The Bertz CT molecular complexity index is 835. The molecular formula is C19H18F3N3O2. The van der Waals surface area contributed by atoms with Gasteiger partial charge >= 0.3 is 0 Å². The van der Waals surface area contributed by atoms with Crippen LogP contribution in [0.3, 0.4) is 0 Å². The second kappa shape index (κ2) is 8.11. The van der Waals surface area contributed by atoms with Gasteiger partial charge in [0.2, 0.25) is 5.91 Å². The fraction of sp³-hybridized carbons (Fsp3) is 0.263. The maximum Gasteiger partial charge on any atom is 0.251 e. The van der Waals surface area contributed by atoms with Gasteiger partial charge in [-0.3, -0.25) is 9.59 Å². The van der Waals surface area contributed by atoms with Crippen LogP contribution in [0.25, 0.3) is 0 Å². The van der Waals surface area contributed by atoms with Crippen LogP contribution in [0, 0.1) is 17.5 Å². The Labute approximate surface area is 154 Å². The number of piperazine rings is 1. The predicted molar refractivity (Wildman–Crippen MR) is 93.9 cm³/mol. The number of anilines is 1. The first kappa shape index (κ1) is 18.8. The van der Waals surface area contributed by atoms with Crippen molar-refractivity contribution in [1.29, 1.82) is 0 Å². The van der Waals surface area contributed by atoms with Gasteiger partial charge < -0.3 is 15.1 Å². The minimum absolute atomic E-state index is 0.0529. The highest BCUT2D eigenvalue weighted by atomic mass is 19.2. The van der Waals surface area contributed by atoms with E-state index in [4.69, 9.17) is 0 Å². The average Bonchev–Trinajstić information content (AvgIpc) is 2.68. The first-order valence-corrected chi connectivity index (χ1v) is 8.45. The molecule has 3 rings (SSSR count). The van der Waals surface area contributed by atoms with Gasteiger partial charge in [-0.25, -0.2) is 13.2 Å². The summed E-state index contributed by atoms with van der Waals surface area (Å²) in [6.45, 7) is 1.89.